The molecule has 20 heavy (non-hydrogen) atoms. The Hall–Kier alpha value is -2.61. The lowest BCUT2D eigenvalue weighted by atomic mass is 10.1. The van der Waals surface area contributed by atoms with Crippen LogP contribution in [0, 0.1) is 0 Å². The van der Waals surface area contributed by atoms with E-state index in [1.165, 1.54) is 0 Å². The summed E-state index contributed by atoms with van der Waals surface area (Å²) in [5, 5.41) is 0. The van der Waals surface area contributed by atoms with Crippen LogP contribution in [0.4, 0.5) is 0 Å². The van der Waals surface area contributed by atoms with Crippen molar-refractivity contribution < 1.29 is 9.53 Å². The molecule has 2 aromatic carbocycles. The first-order valence-corrected chi connectivity index (χ1v) is 6.35. The lowest BCUT2D eigenvalue weighted by Gasteiger charge is -2.15. The molecule has 0 aliphatic carbocycles. The number of esters is 1. The lowest BCUT2D eigenvalue weighted by Crippen LogP contribution is -2.10. The van der Waals surface area contributed by atoms with Crippen molar-refractivity contribution in [2.45, 2.75) is 6.10 Å². The van der Waals surface area contributed by atoms with Gasteiger partial charge in [0.25, 0.3) is 0 Å². The summed E-state index contributed by atoms with van der Waals surface area (Å²) in [6.45, 7) is 7.51. The standard InChI is InChI=1S/C18H16O2/c1-3-17(16-12-8-5-9-13-16)20-18(19)14(2)15-10-6-4-7-11-15/h3-13,17H,1-2H2. The Morgan fingerprint density at radius 1 is 1.00 bits per heavy atom. The lowest BCUT2D eigenvalue weighted by molar-refractivity contribution is -0.139. The van der Waals surface area contributed by atoms with Crippen LogP contribution in [0.3, 0.4) is 0 Å². The molecule has 0 aliphatic rings. The fraction of sp³-hybridized carbons (Fsp3) is 0.0556. The largest absolute Gasteiger partial charge is 0.450 e. The summed E-state index contributed by atoms with van der Waals surface area (Å²) < 4.78 is 5.45. The molecule has 2 aromatic rings. The van der Waals surface area contributed by atoms with Crippen LogP contribution in [0.15, 0.2) is 79.9 Å². The zero-order chi connectivity index (χ0) is 14.4. The van der Waals surface area contributed by atoms with Gasteiger partial charge < -0.3 is 4.74 Å². The minimum absolute atomic E-state index is 0.341. The summed E-state index contributed by atoms with van der Waals surface area (Å²) in [5.74, 6) is -0.440. The summed E-state index contributed by atoms with van der Waals surface area (Å²) in [4.78, 5) is 12.1. The van der Waals surface area contributed by atoms with Gasteiger partial charge in [-0.3, -0.25) is 0 Å². The molecule has 2 rings (SSSR count). The molecule has 0 saturated carbocycles. The highest BCUT2D eigenvalue weighted by molar-refractivity contribution is 6.15. The van der Waals surface area contributed by atoms with Crippen LogP contribution in [-0.4, -0.2) is 5.97 Å². The van der Waals surface area contributed by atoms with Crippen molar-refractivity contribution in [2.24, 2.45) is 0 Å². The fourth-order valence-corrected chi connectivity index (χ4v) is 1.84. The van der Waals surface area contributed by atoms with Crippen LogP contribution >= 0.6 is 0 Å². The van der Waals surface area contributed by atoms with Crippen molar-refractivity contribution in [3.63, 3.8) is 0 Å². The van der Waals surface area contributed by atoms with Gasteiger partial charge in [-0.1, -0.05) is 73.8 Å². The molecule has 1 unspecified atom stereocenters. The number of benzene rings is 2. The molecule has 0 saturated heterocycles. The Labute approximate surface area is 119 Å². The van der Waals surface area contributed by atoms with Crippen LogP contribution in [0.5, 0.6) is 0 Å². The summed E-state index contributed by atoms with van der Waals surface area (Å²) in [6.07, 6.45) is 1.13. The van der Waals surface area contributed by atoms with E-state index < -0.39 is 12.1 Å². The van der Waals surface area contributed by atoms with Crippen LogP contribution in [0.25, 0.3) is 5.57 Å². The molecule has 0 N–H and O–H groups in total. The summed E-state index contributed by atoms with van der Waals surface area (Å²) in [7, 11) is 0. The van der Waals surface area contributed by atoms with Crippen LogP contribution in [-0.2, 0) is 9.53 Å². The summed E-state index contributed by atoms with van der Waals surface area (Å²) in [6, 6.07) is 18.7. The third-order valence-corrected chi connectivity index (χ3v) is 2.94. The van der Waals surface area contributed by atoms with Crippen molar-refractivity contribution in [1.29, 1.82) is 0 Å². The number of hydrogen-bond donors (Lipinski definition) is 0. The molecule has 2 nitrogen and oxygen atoms in total. The zero-order valence-electron chi connectivity index (χ0n) is 11.2. The molecular weight excluding hydrogens is 248 g/mol. The van der Waals surface area contributed by atoms with Gasteiger partial charge in [-0.15, -0.1) is 0 Å². The molecule has 0 fully saturated rings. The molecule has 1 atom stereocenters. The first-order valence-electron chi connectivity index (χ1n) is 6.35. The van der Waals surface area contributed by atoms with Crippen molar-refractivity contribution in [2.75, 3.05) is 0 Å². The number of carbonyl (C=O) groups excluding carboxylic acids is 1. The maximum atomic E-state index is 12.1. The number of ether oxygens (including phenoxy) is 1. The first kappa shape index (κ1) is 13.8. The molecular formula is C18H16O2. The second-order valence-corrected chi connectivity index (χ2v) is 4.32. The fourth-order valence-electron chi connectivity index (χ4n) is 1.84. The van der Waals surface area contributed by atoms with Gasteiger partial charge in [0.2, 0.25) is 0 Å². The van der Waals surface area contributed by atoms with Crippen LogP contribution in [0.2, 0.25) is 0 Å². The average Bonchev–Trinajstić information content (AvgIpc) is 2.53. The van der Waals surface area contributed by atoms with Crippen molar-refractivity contribution >= 4 is 11.5 Å². The molecule has 0 bridgehead atoms. The van der Waals surface area contributed by atoms with Crippen molar-refractivity contribution in [3.05, 3.63) is 91.0 Å². The van der Waals surface area contributed by atoms with Gasteiger partial charge in [0.05, 0.1) is 5.57 Å². The second kappa shape index (κ2) is 6.53. The highest BCUT2D eigenvalue weighted by atomic mass is 16.5. The highest BCUT2D eigenvalue weighted by Crippen LogP contribution is 2.22. The highest BCUT2D eigenvalue weighted by Gasteiger charge is 2.16. The number of hydrogen-bond acceptors (Lipinski definition) is 2. The van der Waals surface area contributed by atoms with Gasteiger partial charge >= 0.3 is 5.97 Å². The topological polar surface area (TPSA) is 26.3 Å². The molecule has 0 heterocycles. The Bertz CT molecular complexity index is 600. The summed E-state index contributed by atoms with van der Waals surface area (Å²) in [5.41, 5.74) is 1.98. The Balaban J connectivity index is 2.11. The molecule has 2 heteroatoms. The molecule has 0 amide bonds. The summed E-state index contributed by atoms with van der Waals surface area (Å²) >= 11 is 0. The number of rotatable bonds is 5. The van der Waals surface area contributed by atoms with E-state index >= 15 is 0 Å². The SMILES string of the molecule is C=CC(OC(=O)C(=C)c1ccccc1)c1ccccc1. The van der Waals surface area contributed by atoms with Crippen LogP contribution < -0.4 is 0 Å². The molecule has 0 aromatic heterocycles. The minimum Gasteiger partial charge on any atom is -0.450 e. The van der Waals surface area contributed by atoms with E-state index in [0.717, 1.165) is 11.1 Å². The third-order valence-electron chi connectivity index (χ3n) is 2.94. The number of carbonyl (C=O) groups is 1. The van der Waals surface area contributed by atoms with E-state index in [2.05, 4.69) is 13.2 Å². The van der Waals surface area contributed by atoms with Gasteiger partial charge in [0.1, 0.15) is 6.10 Å². The van der Waals surface area contributed by atoms with Gasteiger partial charge in [-0.05, 0) is 17.2 Å². The van der Waals surface area contributed by atoms with E-state index in [0.29, 0.717) is 5.57 Å². The van der Waals surface area contributed by atoms with Gasteiger partial charge in [-0.25, -0.2) is 4.79 Å². The average molecular weight is 264 g/mol. The van der Waals surface area contributed by atoms with Crippen LogP contribution in [0.1, 0.15) is 17.2 Å². The van der Waals surface area contributed by atoms with E-state index in [1.54, 1.807) is 6.08 Å². The van der Waals surface area contributed by atoms with Crippen molar-refractivity contribution in [1.82, 2.24) is 0 Å². The first-order chi connectivity index (χ1) is 9.72. The van der Waals surface area contributed by atoms with Gasteiger partial charge in [0.15, 0.2) is 0 Å². The minimum atomic E-state index is -0.468. The van der Waals surface area contributed by atoms with Gasteiger partial charge in [0, 0.05) is 0 Å². The maximum Gasteiger partial charge on any atom is 0.339 e. The maximum absolute atomic E-state index is 12.1. The normalized spacial score (nSPS) is 11.4. The van der Waals surface area contributed by atoms with E-state index in [-0.39, 0.29) is 0 Å². The third kappa shape index (κ3) is 3.23. The Morgan fingerprint density at radius 3 is 2.10 bits per heavy atom. The smallest absolute Gasteiger partial charge is 0.339 e. The molecule has 0 radical (unpaired) electrons. The van der Waals surface area contributed by atoms with Crippen molar-refractivity contribution in [3.8, 4) is 0 Å². The zero-order valence-corrected chi connectivity index (χ0v) is 11.2. The second-order valence-electron chi connectivity index (χ2n) is 4.32. The Kier molecular flexibility index (Phi) is 4.51. The molecule has 100 valence electrons. The molecule has 0 aliphatic heterocycles. The predicted octanol–water partition coefficient (Wildman–Crippen LogP) is 4.17. The van der Waals surface area contributed by atoms with E-state index in [9.17, 15) is 4.79 Å². The van der Waals surface area contributed by atoms with E-state index in [4.69, 9.17) is 4.74 Å². The Morgan fingerprint density at radius 2 is 1.55 bits per heavy atom. The monoisotopic (exact) mass is 264 g/mol. The quantitative estimate of drug-likeness (QED) is 0.460. The predicted molar refractivity (Wildman–Crippen MR) is 80.9 cm³/mol. The van der Waals surface area contributed by atoms with E-state index in [1.807, 2.05) is 60.7 Å². The molecule has 0 spiro atoms. The van der Waals surface area contributed by atoms with Gasteiger partial charge in [-0.2, -0.15) is 0 Å².